The number of carbonyl (C=O) groups excluding carboxylic acids is 1. The van der Waals surface area contributed by atoms with E-state index in [1.807, 2.05) is 48.5 Å². The molecule has 0 fully saturated rings. The first-order valence-electron chi connectivity index (χ1n) is 6.23. The van der Waals surface area contributed by atoms with Gasteiger partial charge in [0.15, 0.2) is 0 Å². The first-order chi connectivity index (χ1) is 9.54. The molecule has 0 heterocycles. The second-order valence-corrected chi connectivity index (χ2v) is 5.40. The molecule has 4 N–H and O–H groups in total. The van der Waals surface area contributed by atoms with E-state index < -0.39 is 6.03 Å². The summed E-state index contributed by atoms with van der Waals surface area (Å²) in [7, 11) is 0. The van der Waals surface area contributed by atoms with E-state index in [1.165, 1.54) is 0 Å². The van der Waals surface area contributed by atoms with Gasteiger partial charge in [-0.3, -0.25) is 0 Å². The average molecular weight is 334 g/mol. The van der Waals surface area contributed by atoms with Crippen LogP contribution < -0.4 is 16.4 Å². The molecule has 0 spiro atoms. The van der Waals surface area contributed by atoms with Crippen LogP contribution in [0.4, 0.5) is 16.2 Å². The number of anilines is 2. The summed E-state index contributed by atoms with van der Waals surface area (Å²) in [6.07, 6.45) is 0. The Balaban J connectivity index is 2.05. The Morgan fingerprint density at radius 3 is 2.45 bits per heavy atom. The number of halogens is 1. The molecule has 4 nitrogen and oxygen atoms in total. The van der Waals surface area contributed by atoms with Crippen molar-refractivity contribution in [2.24, 2.45) is 5.73 Å². The van der Waals surface area contributed by atoms with Crippen LogP contribution in [0.2, 0.25) is 0 Å². The van der Waals surface area contributed by atoms with Crippen LogP contribution in [0.25, 0.3) is 0 Å². The molecule has 0 saturated heterocycles. The molecule has 0 aliphatic carbocycles. The molecule has 20 heavy (non-hydrogen) atoms. The van der Waals surface area contributed by atoms with Crippen LogP contribution in [-0.2, 0) is 0 Å². The molecular formula is C15H16BrN3O. The molecule has 1 unspecified atom stereocenters. The number of carbonyl (C=O) groups is 1. The highest BCUT2D eigenvalue weighted by Crippen LogP contribution is 2.23. The molecule has 2 rings (SSSR count). The van der Waals surface area contributed by atoms with E-state index in [0.29, 0.717) is 5.69 Å². The van der Waals surface area contributed by atoms with Crippen molar-refractivity contribution in [1.82, 2.24) is 0 Å². The van der Waals surface area contributed by atoms with Gasteiger partial charge in [-0.2, -0.15) is 0 Å². The highest BCUT2D eigenvalue weighted by atomic mass is 79.9. The summed E-state index contributed by atoms with van der Waals surface area (Å²) in [6.45, 7) is 2.08. The normalized spacial score (nSPS) is 11.7. The first kappa shape index (κ1) is 14.4. The van der Waals surface area contributed by atoms with Gasteiger partial charge in [0.25, 0.3) is 0 Å². The summed E-state index contributed by atoms with van der Waals surface area (Å²) in [5.41, 5.74) is 7.93. The van der Waals surface area contributed by atoms with Gasteiger partial charge in [-0.15, -0.1) is 0 Å². The molecule has 0 radical (unpaired) electrons. The van der Waals surface area contributed by atoms with Crippen LogP contribution in [0.15, 0.2) is 53.0 Å². The van der Waals surface area contributed by atoms with Crippen molar-refractivity contribution in [3.63, 3.8) is 0 Å². The Bertz CT molecular complexity index is 598. The van der Waals surface area contributed by atoms with E-state index in [0.717, 1.165) is 15.7 Å². The third-order valence-corrected chi connectivity index (χ3v) is 3.38. The number of primary amides is 1. The molecule has 2 amide bonds. The Morgan fingerprint density at radius 2 is 1.85 bits per heavy atom. The molecule has 2 aromatic carbocycles. The lowest BCUT2D eigenvalue weighted by atomic mass is 10.1. The van der Waals surface area contributed by atoms with Crippen LogP contribution in [0, 0.1) is 0 Å². The third kappa shape index (κ3) is 3.99. The number of nitrogens with one attached hydrogen (secondary N) is 2. The second-order valence-electron chi connectivity index (χ2n) is 4.49. The van der Waals surface area contributed by atoms with Gasteiger partial charge < -0.3 is 16.4 Å². The minimum atomic E-state index is -0.557. The monoisotopic (exact) mass is 333 g/mol. The molecule has 2 aromatic rings. The maximum absolute atomic E-state index is 10.8. The zero-order chi connectivity index (χ0) is 14.5. The average Bonchev–Trinajstić information content (AvgIpc) is 2.38. The summed E-state index contributed by atoms with van der Waals surface area (Å²) < 4.78 is 1.04. The fourth-order valence-corrected chi connectivity index (χ4v) is 2.31. The molecule has 0 aromatic heterocycles. The SMILES string of the molecule is CC(Nc1cccc(Br)c1)c1ccc(NC(N)=O)cc1. The summed E-state index contributed by atoms with van der Waals surface area (Å²) in [5, 5.41) is 5.96. The fraction of sp³-hybridized carbons (Fsp3) is 0.133. The lowest BCUT2D eigenvalue weighted by Gasteiger charge is -2.16. The van der Waals surface area contributed by atoms with Gasteiger partial charge in [-0.1, -0.05) is 34.1 Å². The number of hydrogen-bond donors (Lipinski definition) is 3. The zero-order valence-corrected chi connectivity index (χ0v) is 12.6. The van der Waals surface area contributed by atoms with E-state index in [2.05, 4.69) is 33.5 Å². The zero-order valence-electron chi connectivity index (χ0n) is 11.1. The quantitative estimate of drug-likeness (QED) is 0.788. The minimum Gasteiger partial charge on any atom is -0.378 e. The van der Waals surface area contributed by atoms with Crippen LogP contribution in [0.5, 0.6) is 0 Å². The number of nitrogens with two attached hydrogens (primary N) is 1. The predicted molar refractivity (Wildman–Crippen MR) is 85.8 cm³/mol. The minimum absolute atomic E-state index is 0.159. The molecule has 1 atom stereocenters. The van der Waals surface area contributed by atoms with Gasteiger partial charge in [0.1, 0.15) is 0 Å². The van der Waals surface area contributed by atoms with Crippen molar-refractivity contribution in [2.75, 3.05) is 10.6 Å². The molecule has 5 heteroatoms. The van der Waals surface area contributed by atoms with Crippen LogP contribution in [0.3, 0.4) is 0 Å². The highest BCUT2D eigenvalue weighted by Gasteiger charge is 2.06. The van der Waals surface area contributed by atoms with Gasteiger partial charge in [-0.05, 0) is 42.8 Å². The smallest absolute Gasteiger partial charge is 0.316 e. The number of rotatable bonds is 4. The Morgan fingerprint density at radius 1 is 1.15 bits per heavy atom. The number of benzene rings is 2. The molecule has 0 aliphatic heterocycles. The number of amides is 2. The van der Waals surface area contributed by atoms with Crippen molar-refractivity contribution in [1.29, 1.82) is 0 Å². The maximum atomic E-state index is 10.8. The molecule has 0 bridgehead atoms. The van der Waals surface area contributed by atoms with Crippen molar-refractivity contribution >= 4 is 33.3 Å². The standard InChI is InChI=1S/C15H16BrN3O/c1-10(18-14-4-2-3-12(16)9-14)11-5-7-13(8-6-11)19-15(17)20/h2-10,18H,1H3,(H3,17,19,20). The molecule has 104 valence electrons. The summed E-state index contributed by atoms with van der Waals surface area (Å²) in [6, 6.07) is 15.2. The van der Waals surface area contributed by atoms with Gasteiger partial charge in [0.05, 0.1) is 0 Å². The van der Waals surface area contributed by atoms with Crippen molar-refractivity contribution < 1.29 is 4.79 Å². The fourth-order valence-electron chi connectivity index (χ4n) is 1.91. The lowest BCUT2D eigenvalue weighted by molar-refractivity contribution is 0.259. The Kier molecular flexibility index (Phi) is 4.63. The molecular weight excluding hydrogens is 318 g/mol. The summed E-state index contributed by atoms with van der Waals surface area (Å²) in [4.78, 5) is 10.8. The largest absolute Gasteiger partial charge is 0.378 e. The number of urea groups is 1. The predicted octanol–water partition coefficient (Wildman–Crippen LogP) is 4.11. The highest BCUT2D eigenvalue weighted by molar-refractivity contribution is 9.10. The topological polar surface area (TPSA) is 67.2 Å². The van der Waals surface area contributed by atoms with E-state index in [1.54, 1.807) is 0 Å². The van der Waals surface area contributed by atoms with Crippen LogP contribution >= 0.6 is 15.9 Å². The Labute approximate surface area is 126 Å². The van der Waals surface area contributed by atoms with Crippen LogP contribution in [-0.4, -0.2) is 6.03 Å². The number of hydrogen-bond acceptors (Lipinski definition) is 2. The third-order valence-electron chi connectivity index (χ3n) is 2.89. The van der Waals surface area contributed by atoms with Crippen molar-refractivity contribution in [2.45, 2.75) is 13.0 Å². The Hall–Kier alpha value is -2.01. The second kappa shape index (κ2) is 6.43. The van der Waals surface area contributed by atoms with E-state index in [-0.39, 0.29) is 6.04 Å². The lowest BCUT2D eigenvalue weighted by Crippen LogP contribution is -2.19. The van der Waals surface area contributed by atoms with Gasteiger partial charge >= 0.3 is 6.03 Å². The first-order valence-corrected chi connectivity index (χ1v) is 7.02. The maximum Gasteiger partial charge on any atom is 0.316 e. The summed E-state index contributed by atoms with van der Waals surface area (Å²) >= 11 is 3.45. The summed E-state index contributed by atoms with van der Waals surface area (Å²) in [5.74, 6) is 0. The van der Waals surface area contributed by atoms with Crippen LogP contribution in [0.1, 0.15) is 18.5 Å². The van der Waals surface area contributed by atoms with Gasteiger partial charge in [0, 0.05) is 21.9 Å². The van der Waals surface area contributed by atoms with E-state index in [4.69, 9.17) is 5.73 Å². The molecule has 0 aliphatic rings. The van der Waals surface area contributed by atoms with Gasteiger partial charge in [-0.25, -0.2) is 4.79 Å². The van der Waals surface area contributed by atoms with Crippen molar-refractivity contribution in [3.05, 3.63) is 58.6 Å². The van der Waals surface area contributed by atoms with E-state index >= 15 is 0 Å². The van der Waals surface area contributed by atoms with E-state index in [9.17, 15) is 4.79 Å². The van der Waals surface area contributed by atoms with Gasteiger partial charge in [0.2, 0.25) is 0 Å². The van der Waals surface area contributed by atoms with Crippen molar-refractivity contribution in [3.8, 4) is 0 Å². The molecule has 0 saturated carbocycles.